The number of nitrogens with zero attached hydrogens (tertiary/aromatic N) is 1. The number of rotatable bonds is 6. The van der Waals surface area contributed by atoms with E-state index in [9.17, 15) is 9.59 Å². The van der Waals surface area contributed by atoms with Crippen molar-refractivity contribution < 1.29 is 9.59 Å². The lowest BCUT2D eigenvalue weighted by Crippen LogP contribution is -2.08. The molecular formula is C30H21NO2S. The maximum atomic E-state index is 13.0. The van der Waals surface area contributed by atoms with Crippen LogP contribution < -0.4 is 4.90 Å². The van der Waals surface area contributed by atoms with Gasteiger partial charge in [0, 0.05) is 22.5 Å². The molecule has 34 heavy (non-hydrogen) atoms. The summed E-state index contributed by atoms with van der Waals surface area (Å²) in [5, 5.41) is 3.15. The molecule has 1 aliphatic rings. The Morgan fingerprint density at radius 1 is 0.706 bits per heavy atom. The highest BCUT2D eigenvalue weighted by molar-refractivity contribution is 7.14. The highest BCUT2D eigenvalue weighted by Gasteiger charge is 2.33. The summed E-state index contributed by atoms with van der Waals surface area (Å²) in [5.41, 5.74) is 5.43. The van der Waals surface area contributed by atoms with Crippen molar-refractivity contribution in [1.82, 2.24) is 0 Å². The van der Waals surface area contributed by atoms with Crippen molar-refractivity contribution in [2.24, 2.45) is 0 Å². The zero-order chi connectivity index (χ0) is 23.7. The van der Waals surface area contributed by atoms with Gasteiger partial charge in [-0.15, -0.1) is 11.3 Å². The van der Waals surface area contributed by atoms with Gasteiger partial charge in [0.05, 0.1) is 10.6 Å². The molecule has 0 fully saturated rings. The minimum Gasteiger partial charge on any atom is -0.302 e. The lowest BCUT2D eigenvalue weighted by atomic mass is 9.99. The molecule has 0 saturated carbocycles. The van der Waals surface area contributed by atoms with Gasteiger partial charge >= 0.3 is 0 Å². The Balaban J connectivity index is 1.50. The first-order valence-electron chi connectivity index (χ1n) is 10.8. The third-order valence-corrected chi connectivity index (χ3v) is 6.70. The van der Waals surface area contributed by atoms with Crippen molar-refractivity contribution in [3.05, 3.63) is 131 Å². The number of allylic oxidation sites excluding steroid dienone is 1. The fourth-order valence-electron chi connectivity index (χ4n) is 4.15. The summed E-state index contributed by atoms with van der Waals surface area (Å²) in [5.74, 6) is -0.514. The second-order valence-electron chi connectivity index (χ2n) is 7.86. The van der Waals surface area contributed by atoms with Crippen LogP contribution in [0.4, 0.5) is 16.4 Å². The number of fused-ring (bicyclic) bond motifs is 1. The van der Waals surface area contributed by atoms with E-state index >= 15 is 0 Å². The maximum Gasteiger partial charge on any atom is 0.197 e. The molecule has 164 valence electrons. The normalized spacial score (nSPS) is 12.4. The molecule has 3 nitrogen and oxygen atoms in total. The van der Waals surface area contributed by atoms with Crippen LogP contribution in [0.1, 0.15) is 37.4 Å². The molecule has 4 heteroatoms. The molecule has 0 spiro atoms. The monoisotopic (exact) mass is 459 g/mol. The number of para-hydroxylation sites is 1. The second-order valence-corrected chi connectivity index (χ2v) is 8.79. The molecule has 0 atom stereocenters. The summed E-state index contributed by atoms with van der Waals surface area (Å²) in [7, 11) is 0. The van der Waals surface area contributed by atoms with Crippen LogP contribution in [-0.2, 0) is 0 Å². The van der Waals surface area contributed by atoms with E-state index in [0.717, 1.165) is 33.1 Å². The molecule has 0 radical (unpaired) electrons. The average molecular weight is 460 g/mol. The number of thiophene rings is 1. The SMILES string of the molecule is C=Cc1cc2c(cc1C=C)C(=O)C(=Cc1ccc(N(c3ccccc3)c3cccs3)cc1)C2=O. The lowest BCUT2D eigenvalue weighted by Gasteiger charge is -2.23. The third kappa shape index (κ3) is 3.74. The van der Waals surface area contributed by atoms with Gasteiger partial charge in [-0.05, 0) is 76.7 Å². The average Bonchev–Trinajstić information content (AvgIpc) is 3.48. The van der Waals surface area contributed by atoms with E-state index < -0.39 is 0 Å². The van der Waals surface area contributed by atoms with Crippen LogP contribution in [-0.4, -0.2) is 11.6 Å². The third-order valence-electron chi connectivity index (χ3n) is 5.84. The molecule has 0 N–H and O–H groups in total. The molecule has 1 heterocycles. The summed E-state index contributed by atoms with van der Waals surface area (Å²) in [6.45, 7) is 7.59. The standard InChI is InChI=1S/C30H21NO2S/c1-3-21-18-25-26(19-22(21)4-2)30(33)27(29(25)32)17-20-12-14-24(15-13-20)31(28-11-8-16-34-28)23-9-6-5-7-10-23/h3-19H,1-2H2. The number of anilines is 3. The molecule has 5 rings (SSSR count). The molecule has 0 amide bonds. The van der Waals surface area contributed by atoms with E-state index in [-0.39, 0.29) is 17.1 Å². The quantitative estimate of drug-likeness (QED) is 0.217. The zero-order valence-corrected chi connectivity index (χ0v) is 19.2. The number of hydrogen-bond acceptors (Lipinski definition) is 4. The van der Waals surface area contributed by atoms with Gasteiger partial charge in [-0.2, -0.15) is 0 Å². The Kier molecular flexibility index (Phi) is 5.66. The Hall–Kier alpha value is -4.28. The molecule has 3 aromatic carbocycles. The largest absolute Gasteiger partial charge is 0.302 e. The number of carbonyl (C=O) groups is 2. The predicted molar refractivity (Wildman–Crippen MR) is 142 cm³/mol. The number of Topliss-reactive ketones (excluding diaryl/α,β-unsaturated/α-hetero) is 2. The van der Waals surface area contributed by atoms with Gasteiger partial charge in [-0.3, -0.25) is 9.59 Å². The number of carbonyl (C=O) groups excluding carboxylic acids is 2. The van der Waals surface area contributed by atoms with Crippen LogP contribution >= 0.6 is 11.3 Å². The van der Waals surface area contributed by atoms with Gasteiger partial charge in [0.2, 0.25) is 0 Å². The Morgan fingerprint density at radius 3 is 1.82 bits per heavy atom. The minimum absolute atomic E-state index is 0.178. The first-order chi connectivity index (χ1) is 16.6. The van der Waals surface area contributed by atoms with Gasteiger partial charge in [-0.1, -0.05) is 55.6 Å². The van der Waals surface area contributed by atoms with Crippen LogP contribution in [0, 0.1) is 0 Å². The summed E-state index contributed by atoms with van der Waals surface area (Å²) in [6, 6.07) is 25.6. The highest BCUT2D eigenvalue weighted by Crippen LogP contribution is 2.37. The van der Waals surface area contributed by atoms with E-state index in [1.807, 2.05) is 48.5 Å². The van der Waals surface area contributed by atoms with Crippen LogP contribution in [0.15, 0.2) is 103 Å². The van der Waals surface area contributed by atoms with Gasteiger partial charge < -0.3 is 4.90 Å². The van der Waals surface area contributed by atoms with E-state index in [4.69, 9.17) is 0 Å². The molecule has 4 aromatic rings. The van der Waals surface area contributed by atoms with E-state index in [0.29, 0.717) is 11.1 Å². The van der Waals surface area contributed by atoms with E-state index in [1.54, 1.807) is 41.7 Å². The molecule has 1 aliphatic carbocycles. The Bertz CT molecular complexity index is 1400. The summed E-state index contributed by atoms with van der Waals surface area (Å²) in [6.07, 6.45) is 5.01. The molecule has 1 aromatic heterocycles. The van der Waals surface area contributed by atoms with E-state index in [1.165, 1.54) is 0 Å². The molecule has 0 aliphatic heterocycles. The van der Waals surface area contributed by atoms with Crippen molar-refractivity contribution >= 4 is 57.5 Å². The fourth-order valence-corrected chi connectivity index (χ4v) is 4.92. The fraction of sp³-hybridized carbons (Fsp3) is 0. The molecule has 0 saturated heterocycles. The van der Waals surface area contributed by atoms with Gasteiger partial charge in [-0.25, -0.2) is 0 Å². The van der Waals surface area contributed by atoms with Gasteiger partial charge in [0.1, 0.15) is 0 Å². The van der Waals surface area contributed by atoms with Crippen molar-refractivity contribution in [2.45, 2.75) is 0 Å². The predicted octanol–water partition coefficient (Wildman–Crippen LogP) is 7.97. The first kappa shape index (κ1) is 21.6. The van der Waals surface area contributed by atoms with Gasteiger partial charge in [0.15, 0.2) is 11.6 Å². The number of benzene rings is 3. The number of hydrogen-bond donors (Lipinski definition) is 0. The minimum atomic E-state index is -0.257. The molecule has 0 bridgehead atoms. The molecule has 0 unspecified atom stereocenters. The van der Waals surface area contributed by atoms with Crippen molar-refractivity contribution in [2.75, 3.05) is 4.90 Å². The summed E-state index contributed by atoms with van der Waals surface area (Å²) < 4.78 is 0. The Labute approximate surface area is 202 Å². The molecular weight excluding hydrogens is 438 g/mol. The van der Waals surface area contributed by atoms with Crippen LogP contribution in [0.3, 0.4) is 0 Å². The first-order valence-corrected chi connectivity index (χ1v) is 11.7. The summed E-state index contributed by atoms with van der Waals surface area (Å²) in [4.78, 5) is 28.3. The van der Waals surface area contributed by atoms with Crippen molar-refractivity contribution in [3.8, 4) is 0 Å². The number of ketones is 2. The maximum absolute atomic E-state index is 13.0. The van der Waals surface area contributed by atoms with Crippen molar-refractivity contribution in [1.29, 1.82) is 0 Å². The van der Waals surface area contributed by atoms with Gasteiger partial charge in [0.25, 0.3) is 0 Å². The Morgan fingerprint density at radius 2 is 1.29 bits per heavy atom. The summed E-state index contributed by atoms with van der Waals surface area (Å²) >= 11 is 1.66. The highest BCUT2D eigenvalue weighted by atomic mass is 32.1. The van der Waals surface area contributed by atoms with Crippen LogP contribution in [0.5, 0.6) is 0 Å². The van der Waals surface area contributed by atoms with Crippen molar-refractivity contribution in [3.63, 3.8) is 0 Å². The topological polar surface area (TPSA) is 37.4 Å². The second kappa shape index (κ2) is 8.93. The van der Waals surface area contributed by atoms with Crippen LogP contribution in [0.2, 0.25) is 0 Å². The lowest BCUT2D eigenvalue weighted by molar-refractivity contribution is 0.0990. The smallest absolute Gasteiger partial charge is 0.197 e. The van der Waals surface area contributed by atoms with Crippen LogP contribution in [0.25, 0.3) is 18.2 Å². The van der Waals surface area contributed by atoms with E-state index in [2.05, 4.69) is 41.6 Å². The zero-order valence-electron chi connectivity index (χ0n) is 18.4.